The van der Waals surface area contributed by atoms with E-state index in [1.807, 2.05) is 72.8 Å². The number of hydrogen-bond donors (Lipinski definition) is 0. The maximum Gasteiger partial charge on any atom is 0.336 e. The number of hydrogen-bond acceptors (Lipinski definition) is 4. The summed E-state index contributed by atoms with van der Waals surface area (Å²) in [5.41, 5.74) is 1.82. The summed E-state index contributed by atoms with van der Waals surface area (Å²) in [6.07, 6.45) is 4.56. The Morgan fingerprint density at radius 1 is 0.857 bits per heavy atom. The number of ether oxygens (including phenoxy) is 2. The molecule has 1 atom stereocenters. The van der Waals surface area contributed by atoms with Gasteiger partial charge < -0.3 is 14.4 Å². The molecule has 178 valence electrons. The van der Waals surface area contributed by atoms with Gasteiger partial charge in [0.25, 0.3) is 0 Å². The van der Waals surface area contributed by atoms with Gasteiger partial charge in [0.05, 0.1) is 14.2 Å². The number of carbonyl (C=O) groups is 1. The molecular weight excluding hydrogens is 434 g/mol. The molecule has 4 rings (SSSR count). The van der Waals surface area contributed by atoms with Crippen molar-refractivity contribution in [2.75, 3.05) is 25.7 Å². The maximum absolute atomic E-state index is 13.8. The third-order valence-corrected chi connectivity index (χ3v) is 6.43. The summed E-state index contributed by atoms with van der Waals surface area (Å²) in [6.45, 7) is 2.66. The average Bonchev–Trinajstić information content (AvgIpc) is 2.92. The molecule has 0 amide bonds. The largest absolute Gasteiger partial charge is 0.497 e. The van der Waals surface area contributed by atoms with Gasteiger partial charge >= 0.3 is 5.97 Å². The van der Waals surface area contributed by atoms with E-state index in [-0.39, 0.29) is 5.97 Å². The zero-order chi connectivity index (χ0) is 24.7. The Balaban J connectivity index is 1.89. The monoisotopic (exact) mass is 465 g/mol. The van der Waals surface area contributed by atoms with Crippen LogP contribution in [0.15, 0.2) is 103 Å². The second kappa shape index (κ2) is 10.9. The van der Waals surface area contributed by atoms with E-state index in [1.165, 1.54) is 7.11 Å². The standard InChI is InChI=1S/C31H31NO3/c1-4-32(28-18-20-29(34-2)21-19-28)31(30(33)35-3,22-10-13-24-11-6-5-7-12-24)27-17-16-25-14-8-9-15-26(25)23-27/h5-21,23H,4,22H2,1-3H3/b13-10+/t31-/m0/s1. The fourth-order valence-electron chi connectivity index (χ4n) is 4.68. The number of anilines is 1. The Bertz CT molecular complexity index is 1300. The molecule has 4 heteroatoms. The van der Waals surface area contributed by atoms with Crippen molar-refractivity contribution < 1.29 is 14.3 Å². The lowest BCUT2D eigenvalue weighted by Gasteiger charge is -2.43. The zero-order valence-corrected chi connectivity index (χ0v) is 20.5. The van der Waals surface area contributed by atoms with Crippen LogP contribution in [-0.2, 0) is 15.1 Å². The lowest BCUT2D eigenvalue weighted by molar-refractivity contribution is -0.147. The Labute approximate surface area is 207 Å². The summed E-state index contributed by atoms with van der Waals surface area (Å²) in [5, 5.41) is 2.21. The molecule has 0 unspecified atom stereocenters. The van der Waals surface area contributed by atoms with Crippen LogP contribution in [0.5, 0.6) is 5.75 Å². The number of carbonyl (C=O) groups excluding carboxylic acids is 1. The van der Waals surface area contributed by atoms with Gasteiger partial charge in [-0.2, -0.15) is 0 Å². The van der Waals surface area contributed by atoms with Gasteiger partial charge in [-0.3, -0.25) is 0 Å². The minimum Gasteiger partial charge on any atom is -0.497 e. The second-order valence-electron chi connectivity index (χ2n) is 8.37. The summed E-state index contributed by atoms with van der Waals surface area (Å²) >= 11 is 0. The number of likely N-dealkylation sites (N-methyl/N-ethyl adjacent to an activating group) is 1. The molecule has 0 bridgehead atoms. The van der Waals surface area contributed by atoms with Crippen molar-refractivity contribution in [3.8, 4) is 5.75 Å². The Morgan fingerprint density at radius 2 is 1.54 bits per heavy atom. The van der Waals surface area contributed by atoms with Gasteiger partial charge in [-0.25, -0.2) is 4.79 Å². The van der Waals surface area contributed by atoms with E-state index in [1.54, 1.807) is 7.11 Å². The van der Waals surface area contributed by atoms with E-state index in [9.17, 15) is 4.79 Å². The number of nitrogens with zero attached hydrogens (tertiary/aromatic N) is 1. The highest BCUT2D eigenvalue weighted by Crippen LogP contribution is 2.39. The molecule has 0 N–H and O–H groups in total. The van der Waals surface area contributed by atoms with E-state index in [0.29, 0.717) is 13.0 Å². The van der Waals surface area contributed by atoms with Crippen LogP contribution < -0.4 is 9.64 Å². The van der Waals surface area contributed by atoms with Gasteiger partial charge in [0.2, 0.25) is 0 Å². The summed E-state index contributed by atoms with van der Waals surface area (Å²) in [4.78, 5) is 15.9. The average molecular weight is 466 g/mol. The first-order chi connectivity index (χ1) is 17.1. The number of benzene rings is 4. The number of methoxy groups -OCH3 is 2. The van der Waals surface area contributed by atoms with Crippen LogP contribution in [-0.4, -0.2) is 26.7 Å². The van der Waals surface area contributed by atoms with Crippen LogP contribution in [0.3, 0.4) is 0 Å². The van der Waals surface area contributed by atoms with Crippen molar-refractivity contribution in [2.24, 2.45) is 0 Å². The third kappa shape index (κ3) is 4.92. The molecule has 0 fully saturated rings. The number of esters is 1. The van der Waals surface area contributed by atoms with E-state index in [2.05, 4.69) is 48.2 Å². The molecule has 0 aliphatic carbocycles. The van der Waals surface area contributed by atoms with Gasteiger partial charge in [-0.05, 0) is 59.2 Å². The van der Waals surface area contributed by atoms with Gasteiger partial charge in [-0.1, -0.05) is 78.9 Å². The minimum absolute atomic E-state index is 0.303. The fourth-order valence-corrected chi connectivity index (χ4v) is 4.68. The van der Waals surface area contributed by atoms with Crippen molar-refractivity contribution >= 4 is 28.5 Å². The molecule has 4 aromatic rings. The van der Waals surface area contributed by atoms with Gasteiger partial charge in [-0.15, -0.1) is 0 Å². The van der Waals surface area contributed by atoms with Crippen molar-refractivity contribution in [3.63, 3.8) is 0 Å². The first-order valence-electron chi connectivity index (χ1n) is 11.8. The highest BCUT2D eigenvalue weighted by molar-refractivity contribution is 5.91. The quantitative estimate of drug-likeness (QED) is 0.254. The van der Waals surface area contributed by atoms with E-state index in [4.69, 9.17) is 9.47 Å². The zero-order valence-electron chi connectivity index (χ0n) is 20.5. The highest BCUT2D eigenvalue weighted by atomic mass is 16.5. The van der Waals surface area contributed by atoms with E-state index in [0.717, 1.165) is 33.3 Å². The second-order valence-corrected chi connectivity index (χ2v) is 8.37. The van der Waals surface area contributed by atoms with Crippen molar-refractivity contribution in [1.82, 2.24) is 0 Å². The summed E-state index contributed by atoms with van der Waals surface area (Å²) in [6, 6.07) is 32.3. The summed E-state index contributed by atoms with van der Waals surface area (Å²) in [7, 11) is 3.11. The predicted octanol–water partition coefficient (Wildman–Crippen LogP) is 6.85. The molecule has 4 nitrogen and oxygen atoms in total. The summed E-state index contributed by atoms with van der Waals surface area (Å²) in [5.74, 6) is 0.464. The molecule has 0 heterocycles. The molecule has 0 aromatic heterocycles. The van der Waals surface area contributed by atoms with Crippen LogP contribution in [0.1, 0.15) is 24.5 Å². The highest BCUT2D eigenvalue weighted by Gasteiger charge is 2.46. The van der Waals surface area contributed by atoms with Crippen molar-refractivity contribution in [2.45, 2.75) is 18.9 Å². The molecule has 0 saturated carbocycles. The first kappa shape index (κ1) is 24.1. The van der Waals surface area contributed by atoms with Crippen LogP contribution in [0, 0.1) is 0 Å². The van der Waals surface area contributed by atoms with Crippen molar-refractivity contribution in [3.05, 3.63) is 114 Å². The topological polar surface area (TPSA) is 38.8 Å². The van der Waals surface area contributed by atoms with Gasteiger partial charge in [0.15, 0.2) is 5.54 Å². The molecule has 4 aromatic carbocycles. The van der Waals surface area contributed by atoms with Gasteiger partial charge in [0.1, 0.15) is 5.75 Å². The fraction of sp³-hybridized carbons (Fsp3) is 0.194. The van der Waals surface area contributed by atoms with E-state index < -0.39 is 5.54 Å². The van der Waals surface area contributed by atoms with Crippen LogP contribution >= 0.6 is 0 Å². The Hall–Kier alpha value is -4.05. The molecule has 0 radical (unpaired) electrons. The van der Waals surface area contributed by atoms with Crippen LogP contribution in [0.4, 0.5) is 5.69 Å². The molecular formula is C31H31NO3. The minimum atomic E-state index is -1.06. The number of rotatable bonds is 9. The predicted molar refractivity (Wildman–Crippen MR) is 144 cm³/mol. The van der Waals surface area contributed by atoms with Crippen LogP contribution in [0.2, 0.25) is 0 Å². The van der Waals surface area contributed by atoms with Crippen molar-refractivity contribution in [1.29, 1.82) is 0 Å². The Kier molecular flexibility index (Phi) is 7.51. The summed E-state index contributed by atoms with van der Waals surface area (Å²) < 4.78 is 10.9. The third-order valence-electron chi connectivity index (χ3n) is 6.43. The van der Waals surface area contributed by atoms with Crippen LogP contribution in [0.25, 0.3) is 16.8 Å². The smallest absolute Gasteiger partial charge is 0.336 e. The maximum atomic E-state index is 13.8. The lowest BCUT2D eigenvalue weighted by atomic mass is 9.82. The SMILES string of the molecule is CCN(c1ccc(OC)cc1)[C@](C/C=C/c1ccccc1)(C(=O)OC)c1ccc2ccccc2c1. The molecule has 35 heavy (non-hydrogen) atoms. The first-order valence-corrected chi connectivity index (χ1v) is 11.8. The van der Waals surface area contributed by atoms with Gasteiger partial charge in [0, 0.05) is 18.7 Å². The normalized spacial score (nSPS) is 12.9. The molecule has 0 spiro atoms. The van der Waals surface area contributed by atoms with E-state index >= 15 is 0 Å². The molecule has 0 aliphatic rings. The lowest BCUT2D eigenvalue weighted by Crippen LogP contribution is -2.53. The Morgan fingerprint density at radius 3 is 2.20 bits per heavy atom. The number of fused-ring (bicyclic) bond motifs is 1. The molecule has 0 aliphatic heterocycles. The molecule has 0 saturated heterocycles.